The van der Waals surface area contributed by atoms with Gasteiger partial charge in [-0.15, -0.1) is 0 Å². The highest BCUT2D eigenvalue weighted by Crippen LogP contribution is 2.53. The lowest BCUT2D eigenvalue weighted by Crippen LogP contribution is -2.60. The Labute approximate surface area is 141 Å². The largest absolute Gasteiger partial charge is 0.460 e. The lowest BCUT2D eigenvalue weighted by molar-refractivity contribution is -0.388. The van der Waals surface area contributed by atoms with Crippen molar-refractivity contribution in [3.05, 3.63) is 9.66 Å². The van der Waals surface area contributed by atoms with Crippen LogP contribution >= 0.6 is 22.6 Å². The molecular weight excluding hydrogens is 454 g/mol. The molecule has 0 nitrogen and oxygen atoms in total. The molecule has 23 heavy (non-hydrogen) atoms. The Balaban J connectivity index is 5.05. The second-order valence-electron chi connectivity index (χ2n) is 5.02. The monoisotopic (exact) mass is 470 g/mol. The van der Waals surface area contributed by atoms with Crippen molar-refractivity contribution < 1.29 is 39.5 Å². The Morgan fingerprint density at radius 2 is 1.26 bits per heavy atom. The summed E-state index contributed by atoms with van der Waals surface area (Å²) in [4.78, 5) is 0. The van der Waals surface area contributed by atoms with Gasteiger partial charge in [0.05, 0.1) is 0 Å². The van der Waals surface area contributed by atoms with Gasteiger partial charge >= 0.3 is 23.9 Å². The summed E-state index contributed by atoms with van der Waals surface area (Å²) < 4.78 is 113. The van der Waals surface area contributed by atoms with E-state index in [4.69, 9.17) is 0 Å². The molecule has 0 aliphatic carbocycles. The van der Waals surface area contributed by atoms with Crippen LogP contribution in [0.1, 0.15) is 45.4 Å². The third kappa shape index (κ3) is 5.70. The zero-order valence-electron chi connectivity index (χ0n) is 12.1. The SMILES string of the molecule is CCCCCCCC(I)=CC(F)(F)C(F)(F)C(F)(F)C(F)(F)F. The van der Waals surface area contributed by atoms with Crippen LogP contribution < -0.4 is 0 Å². The molecule has 0 amide bonds. The topological polar surface area (TPSA) is 0 Å². The molecule has 0 spiro atoms. The van der Waals surface area contributed by atoms with Gasteiger partial charge in [0.1, 0.15) is 0 Å². The van der Waals surface area contributed by atoms with Gasteiger partial charge in [-0.25, -0.2) is 0 Å². The first-order chi connectivity index (χ1) is 10.2. The van der Waals surface area contributed by atoms with Crippen LogP contribution in [0.2, 0.25) is 0 Å². The Bertz CT molecular complexity index is 399. The van der Waals surface area contributed by atoms with Gasteiger partial charge in [-0.05, 0) is 39.0 Å². The van der Waals surface area contributed by atoms with Gasteiger partial charge in [-0.3, -0.25) is 0 Å². The lowest BCUT2D eigenvalue weighted by Gasteiger charge is -2.32. The van der Waals surface area contributed by atoms with Crippen molar-refractivity contribution in [1.82, 2.24) is 0 Å². The van der Waals surface area contributed by atoms with Crippen molar-refractivity contribution in [2.75, 3.05) is 0 Å². The molecule has 0 saturated heterocycles. The second-order valence-corrected chi connectivity index (χ2v) is 6.41. The van der Waals surface area contributed by atoms with E-state index in [0.29, 0.717) is 12.8 Å². The van der Waals surface area contributed by atoms with Crippen molar-refractivity contribution in [1.29, 1.82) is 0 Å². The van der Waals surface area contributed by atoms with E-state index < -0.39 is 30.0 Å². The highest BCUT2D eigenvalue weighted by molar-refractivity contribution is 14.1. The van der Waals surface area contributed by atoms with E-state index in [1.54, 1.807) is 0 Å². The molecule has 0 aliphatic heterocycles. The van der Waals surface area contributed by atoms with Crippen LogP contribution in [0, 0.1) is 0 Å². The molecule has 0 aromatic heterocycles. The maximum atomic E-state index is 13.3. The molecule has 0 atom stereocenters. The fraction of sp³-hybridized carbons (Fsp3) is 0.846. The molecule has 0 aliphatic rings. The number of hydrogen-bond donors (Lipinski definition) is 0. The number of halogens is 10. The smallest absolute Gasteiger partial charge is 0.195 e. The number of allylic oxidation sites excluding steroid dienone is 2. The average molecular weight is 470 g/mol. The number of alkyl halides is 9. The van der Waals surface area contributed by atoms with Gasteiger partial charge in [-0.2, -0.15) is 39.5 Å². The standard InChI is InChI=1S/C13H16F9I/c1-2-3-4-5-6-7-9(23)8-10(14,15)11(16,17)12(18,19)13(20,21)22/h8H,2-7H2,1H3. The summed E-state index contributed by atoms with van der Waals surface area (Å²) in [7, 11) is 0. The van der Waals surface area contributed by atoms with Crippen LogP contribution in [-0.2, 0) is 0 Å². The van der Waals surface area contributed by atoms with Crippen LogP contribution in [0.25, 0.3) is 0 Å². The Morgan fingerprint density at radius 3 is 1.70 bits per heavy atom. The van der Waals surface area contributed by atoms with E-state index in [2.05, 4.69) is 0 Å². The fourth-order valence-electron chi connectivity index (χ4n) is 1.64. The van der Waals surface area contributed by atoms with Gasteiger partial charge in [0.25, 0.3) is 0 Å². The molecule has 138 valence electrons. The van der Waals surface area contributed by atoms with E-state index in [1.807, 2.05) is 6.92 Å². The van der Waals surface area contributed by atoms with Crippen molar-refractivity contribution in [2.24, 2.45) is 0 Å². The quantitative estimate of drug-likeness (QED) is 0.191. The minimum Gasteiger partial charge on any atom is -0.195 e. The first-order valence-electron chi connectivity index (χ1n) is 6.78. The molecule has 0 fully saturated rings. The molecule has 0 rings (SSSR count). The fourth-order valence-corrected chi connectivity index (χ4v) is 2.42. The molecule has 0 aromatic rings. The van der Waals surface area contributed by atoms with Gasteiger partial charge < -0.3 is 0 Å². The molecule has 0 radical (unpaired) electrons. The number of unbranched alkanes of at least 4 members (excludes halogenated alkanes) is 4. The van der Waals surface area contributed by atoms with Crippen molar-refractivity contribution in [3.63, 3.8) is 0 Å². The zero-order chi connectivity index (χ0) is 18.5. The average Bonchev–Trinajstić information content (AvgIpc) is 2.36. The lowest BCUT2D eigenvalue weighted by atomic mass is 10.0. The normalized spacial score (nSPS) is 15.2. The molecule has 0 bridgehead atoms. The molecular formula is C13H16F9I. The van der Waals surface area contributed by atoms with Crippen molar-refractivity contribution in [3.8, 4) is 0 Å². The van der Waals surface area contributed by atoms with E-state index in [-0.39, 0.29) is 10.0 Å². The minimum absolute atomic E-state index is 0.0897. The molecule has 0 heterocycles. The molecule has 10 heteroatoms. The van der Waals surface area contributed by atoms with Crippen LogP contribution in [0.4, 0.5) is 39.5 Å². The Hall–Kier alpha value is -0.160. The summed E-state index contributed by atoms with van der Waals surface area (Å²) in [6.45, 7) is 1.94. The number of rotatable bonds is 9. The number of hydrogen-bond acceptors (Lipinski definition) is 0. The zero-order valence-corrected chi connectivity index (χ0v) is 14.3. The van der Waals surface area contributed by atoms with Crippen molar-refractivity contribution >= 4 is 22.6 Å². The van der Waals surface area contributed by atoms with Gasteiger partial charge in [0.2, 0.25) is 0 Å². The first kappa shape index (κ1) is 22.8. The summed E-state index contributed by atoms with van der Waals surface area (Å²) in [5.74, 6) is -19.0. The third-order valence-electron chi connectivity index (χ3n) is 3.03. The molecule has 0 saturated carbocycles. The summed E-state index contributed by atoms with van der Waals surface area (Å²) >= 11 is 1.24. The predicted molar refractivity (Wildman–Crippen MR) is 76.4 cm³/mol. The summed E-state index contributed by atoms with van der Waals surface area (Å²) in [5, 5.41) is 0. The maximum absolute atomic E-state index is 13.3. The van der Waals surface area contributed by atoms with Crippen LogP contribution in [0.5, 0.6) is 0 Å². The van der Waals surface area contributed by atoms with Gasteiger partial charge in [0.15, 0.2) is 0 Å². The van der Waals surface area contributed by atoms with E-state index in [0.717, 1.165) is 19.3 Å². The summed E-state index contributed by atoms with van der Waals surface area (Å²) in [6, 6.07) is 0. The predicted octanol–water partition coefficient (Wildman–Crippen LogP) is 7.13. The minimum atomic E-state index is -6.84. The Kier molecular flexibility index (Phi) is 8.23. The highest BCUT2D eigenvalue weighted by Gasteiger charge is 2.81. The summed E-state index contributed by atoms with van der Waals surface area (Å²) in [5.41, 5.74) is 0. The van der Waals surface area contributed by atoms with Crippen LogP contribution in [0.15, 0.2) is 9.66 Å². The van der Waals surface area contributed by atoms with E-state index >= 15 is 0 Å². The van der Waals surface area contributed by atoms with E-state index in [1.165, 1.54) is 22.6 Å². The highest BCUT2D eigenvalue weighted by atomic mass is 127. The van der Waals surface area contributed by atoms with Gasteiger partial charge in [0, 0.05) is 6.08 Å². The van der Waals surface area contributed by atoms with Crippen LogP contribution in [0.3, 0.4) is 0 Å². The first-order valence-corrected chi connectivity index (χ1v) is 7.86. The summed E-state index contributed by atoms with van der Waals surface area (Å²) in [6.07, 6.45) is -3.80. The molecule has 0 unspecified atom stereocenters. The van der Waals surface area contributed by atoms with Crippen LogP contribution in [-0.4, -0.2) is 23.9 Å². The van der Waals surface area contributed by atoms with Crippen molar-refractivity contribution in [2.45, 2.75) is 69.4 Å². The molecule has 0 aromatic carbocycles. The van der Waals surface area contributed by atoms with E-state index in [9.17, 15) is 39.5 Å². The second kappa shape index (κ2) is 8.28. The van der Waals surface area contributed by atoms with Gasteiger partial charge in [-0.1, -0.05) is 32.6 Å². The molecule has 0 N–H and O–H groups in total. The maximum Gasteiger partial charge on any atom is 0.460 e. The third-order valence-corrected chi connectivity index (χ3v) is 3.88. The Morgan fingerprint density at radius 1 is 0.783 bits per heavy atom.